The first kappa shape index (κ1) is 14.9. The number of rotatable bonds is 2. The van der Waals surface area contributed by atoms with E-state index >= 15 is 0 Å². The third kappa shape index (κ3) is 4.99. The van der Waals surface area contributed by atoms with Crippen LogP contribution in [0.3, 0.4) is 0 Å². The van der Waals surface area contributed by atoms with Crippen LogP contribution in [0.15, 0.2) is 48.5 Å². The number of alkyl halides is 1. The Morgan fingerprint density at radius 1 is 1.00 bits per heavy atom. The average Bonchev–Trinajstić information content (AvgIpc) is 2.43. The lowest BCUT2D eigenvalue weighted by atomic mass is 10.2. The van der Waals surface area contributed by atoms with E-state index in [1.165, 1.54) is 0 Å². The minimum atomic E-state index is 0.560. The Bertz CT molecular complexity index is 422. The van der Waals surface area contributed by atoms with Crippen LogP contribution in [-0.2, 0) is 5.88 Å². The van der Waals surface area contributed by atoms with Crippen molar-refractivity contribution in [2.45, 2.75) is 12.8 Å². The first-order valence-electron chi connectivity index (χ1n) is 5.57. The molecule has 96 valence electrons. The summed E-state index contributed by atoms with van der Waals surface area (Å²) in [6, 6.07) is 15.5. The van der Waals surface area contributed by atoms with E-state index < -0.39 is 0 Å². The third-order valence-electron chi connectivity index (χ3n) is 2.39. The second-order valence-corrected chi connectivity index (χ2v) is 4.41. The van der Waals surface area contributed by atoms with Gasteiger partial charge in [0.15, 0.2) is 0 Å². The Balaban J connectivity index is 0.000000184. The van der Waals surface area contributed by atoms with Gasteiger partial charge in [0, 0.05) is 10.9 Å². The molecular formula is C15H16Cl2O. The lowest BCUT2D eigenvalue weighted by molar-refractivity contribution is 0.414. The van der Waals surface area contributed by atoms with Crippen molar-refractivity contribution < 1.29 is 4.74 Å². The molecule has 18 heavy (non-hydrogen) atoms. The maximum atomic E-state index is 5.71. The highest BCUT2D eigenvalue weighted by Crippen LogP contribution is 2.12. The molecule has 2 rings (SSSR count). The Hall–Kier alpha value is -1.18. The van der Waals surface area contributed by atoms with E-state index in [0.717, 1.165) is 21.9 Å². The Morgan fingerprint density at radius 3 is 2.00 bits per heavy atom. The van der Waals surface area contributed by atoms with E-state index in [4.69, 9.17) is 27.9 Å². The first-order valence-corrected chi connectivity index (χ1v) is 6.48. The molecule has 0 aliphatic carbocycles. The van der Waals surface area contributed by atoms with Gasteiger partial charge < -0.3 is 4.74 Å². The van der Waals surface area contributed by atoms with Crippen molar-refractivity contribution in [1.29, 1.82) is 0 Å². The fourth-order valence-corrected chi connectivity index (χ4v) is 1.58. The summed E-state index contributed by atoms with van der Waals surface area (Å²) in [4.78, 5) is 0. The molecule has 0 aromatic heterocycles. The SMILES string of the molecule is COc1ccc(CCl)cc1.Cc1ccccc1Cl. The van der Waals surface area contributed by atoms with Crippen molar-refractivity contribution in [2.24, 2.45) is 0 Å². The normalized spacial score (nSPS) is 9.33. The molecule has 0 aliphatic heterocycles. The molecule has 0 saturated carbocycles. The largest absolute Gasteiger partial charge is 0.497 e. The van der Waals surface area contributed by atoms with E-state index in [-0.39, 0.29) is 0 Å². The third-order valence-corrected chi connectivity index (χ3v) is 3.12. The minimum Gasteiger partial charge on any atom is -0.497 e. The molecule has 0 fully saturated rings. The molecule has 0 bridgehead atoms. The van der Waals surface area contributed by atoms with Gasteiger partial charge in [0.25, 0.3) is 0 Å². The molecule has 0 heterocycles. The molecule has 0 N–H and O–H groups in total. The number of aryl methyl sites for hydroxylation is 1. The maximum absolute atomic E-state index is 5.71. The monoisotopic (exact) mass is 282 g/mol. The Kier molecular flexibility index (Phi) is 6.63. The van der Waals surface area contributed by atoms with Crippen LogP contribution in [0.2, 0.25) is 5.02 Å². The van der Waals surface area contributed by atoms with E-state index in [9.17, 15) is 0 Å². The number of hydrogen-bond donors (Lipinski definition) is 0. The van der Waals surface area contributed by atoms with Crippen LogP contribution in [0.1, 0.15) is 11.1 Å². The number of ether oxygens (including phenoxy) is 1. The van der Waals surface area contributed by atoms with Crippen LogP contribution < -0.4 is 4.74 Å². The fraction of sp³-hybridized carbons (Fsp3) is 0.200. The predicted molar refractivity (Wildman–Crippen MR) is 78.7 cm³/mol. The summed E-state index contributed by atoms with van der Waals surface area (Å²) in [5, 5.41) is 0.840. The number of halogens is 2. The van der Waals surface area contributed by atoms with Gasteiger partial charge in [-0.15, -0.1) is 11.6 Å². The highest BCUT2D eigenvalue weighted by atomic mass is 35.5. The van der Waals surface area contributed by atoms with Gasteiger partial charge in [-0.25, -0.2) is 0 Å². The molecule has 0 radical (unpaired) electrons. The quantitative estimate of drug-likeness (QED) is 0.698. The summed E-state index contributed by atoms with van der Waals surface area (Å²) in [5.74, 6) is 1.43. The van der Waals surface area contributed by atoms with Crippen LogP contribution in [0.4, 0.5) is 0 Å². The van der Waals surface area contributed by atoms with Gasteiger partial charge in [0.1, 0.15) is 5.75 Å². The van der Waals surface area contributed by atoms with Gasteiger partial charge in [-0.05, 0) is 36.2 Å². The molecule has 0 amide bonds. The molecule has 1 nitrogen and oxygen atoms in total. The minimum absolute atomic E-state index is 0.560. The highest BCUT2D eigenvalue weighted by molar-refractivity contribution is 6.31. The zero-order chi connectivity index (χ0) is 13.4. The summed E-state index contributed by atoms with van der Waals surface area (Å²) < 4.78 is 4.97. The lowest BCUT2D eigenvalue weighted by Crippen LogP contribution is -1.82. The maximum Gasteiger partial charge on any atom is 0.118 e. The van der Waals surface area contributed by atoms with E-state index in [2.05, 4.69) is 0 Å². The smallest absolute Gasteiger partial charge is 0.118 e. The topological polar surface area (TPSA) is 9.23 Å². The lowest BCUT2D eigenvalue weighted by Gasteiger charge is -1.98. The van der Waals surface area contributed by atoms with E-state index in [1.54, 1.807) is 7.11 Å². The number of methoxy groups -OCH3 is 1. The molecule has 0 aliphatic rings. The van der Waals surface area contributed by atoms with Gasteiger partial charge in [-0.1, -0.05) is 41.9 Å². The zero-order valence-electron chi connectivity index (χ0n) is 10.5. The molecule has 2 aromatic carbocycles. The molecule has 2 aromatic rings. The summed E-state index contributed by atoms with van der Waals surface area (Å²) in [6.07, 6.45) is 0. The van der Waals surface area contributed by atoms with Crippen molar-refractivity contribution in [3.05, 3.63) is 64.7 Å². The number of hydrogen-bond acceptors (Lipinski definition) is 1. The second-order valence-electron chi connectivity index (χ2n) is 3.73. The van der Waals surface area contributed by atoms with Crippen LogP contribution in [0.25, 0.3) is 0 Å². The van der Waals surface area contributed by atoms with Crippen molar-refractivity contribution in [2.75, 3.05) is 7.11 Å². The van der Waals surface area contributed by atoms with E-state index in [0.29, 0.717) is 5.88 Å². The van der Waals surface area contributed by atoms with Crippen LogP contribution in [0.5, 0.6) is 5.75 Å². The molecule has 0 saturated heterocycles. The van der Waals surface area contributed by atoms with Gasteiger partial charge >= 0.3 is 0 Å². The number of benzene rings is 2. The summed E-state index contributed by atoms with van der Waals surface area (Å²) in [5.41, 5.74) is 2.25. The first-order chi connectivity index (χ1) is 8.67. The summed E-state index contributed by atoms with van der Waals surface area (Å²) >= 11 is 11.3. The summed E-state index contributed by atoms with van der Waals surface area (Å²) in [6.45, 7) is 1.99. The highest BCUT2D eigenvalue weighted by Gasteiger charge is 1.90. The molecule has 0 atom stereocenters. The van der Waals surface area contributed by atoms with E-state index in [1.807, 2.05) is 55.5 Å². The predicted octanol–water partition coefficient (Wildman–Crippen LogP) is 5.08. The van der Waals surface area contributed by atoms with Gasteiger partial charge in [-0.3, -0.25) is 0 Å². The fourth-order valence-electron chi connectivity index (χ4n) is 1.27. The van der Waals surface area contributed by atoms with Gasteiger partial charge in [-0.2, -0.15) is 0 Å². The Morgan fingerprint density at radius 2 is 1.61 bits per heavy atom. The van der Waals surface area contributed by atoms with Crippen LogP contribution >= 0.6 is 23.2 Å². The molecule has 0 spiro atoms. The van der Waals surface area contributed by atoms with Gasteiger partial charge in [0.2, 0.25) is 0 Å². The van der Waals surface area contributed by atoms with Crippen molar-refractivity contribution in [3.63, 3.8) is 0 Å². The van der Waals surface area contributed by atoms with Crippen molar-refractivity contribution >= 4 is 23.2 Å². The van der Waals surface area contributed by atoms with Gasteiger partial charge in [0.05, 0.1) is 7.11 Å². The standard InChI is InChI=1S/C8H9ClO.C7H7Cl/c1-10-8-4-2-7(6-9)3-5-8;1-6-4-2-3-5-7(6)8/h2-5H,6H2,1H3;2-5H,1H3. The second kappa shape index (κ2) is 8.02. The average molecular weight is 283 g/mol. The van der Waals surface area contributed by atoms with Crippen LogP contribution in [0, 0.1) is 6.92 Å². The molecule has 3 heteroatoms. The Labute approximate surface area is 118 Å². The zero-order valence-corrected chi connectivity index (χ0v) is 12.0. The van der Waals surface area contributed by atoms with Crippen LogP contribution in [-0.4, -0.2) is 7.11 Å². The molecule has 0 unspecified atom stereocenters. The van der Waals surface area contributed by atoms with Crippen molar-refractivity contribution in [3.8, 4) is 5.75 Å². The summed E-state index contributed by atoms with van der Waals surface area (Å²) in [7, 11) is 1.65. The molecular weight excluding hydrogens is 267 g/mol. The van der Waals surface area contributed by atoms with Crippen molar-refractivity contribution in [1.82, 2.24) is 0 Å².